The number of nitro groups is 1. The highest BCUT2D eigenvalue weighted by atomic mass is 16.6. The van der Waals surface area contributed by atoms with E-state index in [1.807, 2.05) is 0 Å². The average molecular weight is 458 g/mol. The topological polar surface area (TPSA) is 138 Å². The van der Waals surface area contributed by atoms with Crippen LogP contribution in [-0.2, 0) is 4.79 Å². The van der Waals surface area contributed by atoms with Gasteiger partial charge in [0.15, 0.2) is 5.78 Å². The maximum atomic E-state index is 13.5. The van der Waals surface area contributed by atoms with E-state index in [0.717, 1.165) is 12.1 Å². The maximum absolute atomic E-state index is 13.5. The van der Waals surface area contributed by atoms with E-state index in [-0.39, 0.29) is 22.5 Å². The number of carbonyl (C=O) groups is 3. The number of benzene rings is 3. The average Bonchev–Trinajstić information content (AvgIpc) is 3.10. The summed E-state index contributed by atoms with van der Waals surface area (Å²) in [6, 6.07) is 16.5. The molecule has 2 N–H and O–H groups in total. The van der Waals surface area contributed by atoms with Crippen LogP contribution in [0.2, 0.25) is 0 Å². The van der Waals surface area contributed by atoms with Crippen LogP contribution in [0.1, 0.15) is 39.2 Å². The lowest BCUT2D eigenvalue weighted by Gasteiger charge is -2.28. The van der Waals surface area contributed by atoms with Crippen molar-refractivity contribution in [3.8, 4) is 5.75 Å². The highest BCUT2D eigenvalue weighted by Crippen LogP contribution is 2.43. The first kappa shape index (κ1) is 22.4. The molecule has 34 heavy (non-hydrogen) atoms. The van der Waals surface area contributed by atoms with E-state index in [1.54, 1.807) is 30.3 Å². The Balaban J connectivity index is 1.90. The predicted molar refractivity (Wildman–Crippen MR) is 122 cm³/mol. The first-order valence-corrected chi connectivity index (χ1v) is 10.2. The zero-order chi connectivity index (χ0) is 24.6. The fourth-order valence-corrected chi connectivity index (χ4v) is 3.99. The number of amides is 1. The summed E-state index contributed by atoms with van der Waals surface area (Å²) in [7, 11) is 0. The summed E-state index contributed by atoms with van der Waals surface area (Å²) in [4.78, 5) is 50.2. The van der Waals surface area contributed by atoms with Crippen molar-refractivity contribution in [2.75, 3.05) is 4.90 Å². The van der Waals surface area contributed by atoms with Gasteiger partial charge in [-0.05, 0) is 42.8 Å². The molecule has 3 aromatic rings. The second-order valence-electron chi connectivity index (χ2n) is 7.67. The Morgan fingerprint density at radius 3 is 2.24 bits per heavy atom. The molecular formula is C25H18N2O7. The molecular weight excluding hydrogens is 440 g/mol. The number of carboxylic acid groups (broad SMARTS) is 1. The molecule has 0 fully saturated rings. The molecule has 0 saturated heterocycles. The van der Waals surface area contributed by atoms with Gasteiger partial charge in [0.2, 0.25) is 0 Å². The Morgan fingerprint density at radius 1 is 1.00 bits per heavy atom. The van der Waals surface area contributed by atoms with Crippen LogP contribution in [0.25, 0.3) is 0 Å². The van der Waals surface area contributed by atoms with Gasteiger partial charge >= 0.3 is 5.97 Å². The fourth-order valence-electron chi connectivity index (χ4n) is 3.99. The van der Waals surface area contributed by atoms with Gasteiger partial charge in [-0.3, -0.25) is 24.6 Å². The lowest BCUT2D eigenvalue weighted by Crippen LogP contribution is -2.31. The molecule has 1 heterocycles. The monoisotopic (exact) mass is 458 g/mol. The number of non-ortho nitro benzene ring substituents is 1. The number of nitro benzene ring substituents is 1. The molecule has 9 nitrogen and oxygen atoms in total. The normalized spacial score (nSPS) is 15.5. The van der Waals surface area contributed by atoms with E-state index in [0.29, 0.717) is 11.1 Å². The highest BCUT2D eigenvalue weighted by Gasteiger charge is 2.42. The molecule has 0 aromatic heterocycles. The number of aromatic carboxylic acids is 1. The second kappa shape index (κ2) is 8.62. The first-order valence-electron chi connectivity index (χ1n) is 10.2. The molecule has 0 radical (unpaired) electrons. The molecule has 0 spiro atoms. The van der Waals surface area contributed by atoms with Crippen LogP contribution >= 0.6 is 0 Å². The summed E-state index contributed by atoms with van der Waals surface area (Å²) in [5.74, 6) is -2.78. The first-order chi connectivity index (χ1) is 16.2. The third-order valence-corrected chi connectivity index (χ3v) is 5.66. The van der Waals surface area contributed by atoms with Gasteiger partial charge in [0, 0.05) is 34.5 Å². The van der Waals surface area contributed by atoms with E-state index in [1.165, 1.54) is 42.2 Å². The maximum Gasteiger partial charge on any atom is 0.339 e. The van der Waals surface area contributed by atoms with Crippen LogP contribution in [0.4, 0.5) is 11.4 Å². The number of ketones is 1. The van der Waals surface area contributed by atoms with Gasteiger partial charge in [-0.25, -0.2) is 4.79 Å². The SMILES string of the molecule is CC1=C(C(=O)c2ccccc2)C(c2ccc([N+](=O)[O-])cc2)N(c2ccc(O)c(C(=O)O)c2)C1=O. The van der Waals surface area contributed by atoms with Crippen molar-refractivity contribution in [2.45, 2.75) is 13.0 Å². The van der Waals surface area contributed by atoms with Gasteiger partial charge in [0.1, 0.15) is 11.3 Å². The predicted octanol–water partition coefficient (Wildman–Crippen LogP) is 4.29. The summed E-state index contributed by atoms with van der Waals surface area (Å²) in [6.07, 6.45) is 0. The Kier molecular flexibility index (Phi) is 5.68. The molecule has 4 rings (SSSR count). The van der Waals surface area contributed by atoms with Crippen LogP contribution in [0.15, 0.2) is 83.9 Å². The number of phenols is 1. The number of nitrogens with zero attached hydrogens (tertiary/aromatic N) is 2. The smallest absolute Gasteiger partial charge is 0.339 e. The van der Waals surface area contributed by atoms with Crippen molar-refractivity contribution < 1.29 is 29.5 Å². The number of carbonyl (C=O) groups excluding carboxylic acids is 2. The Morgan fingerprint density at radius 2 is 1.65 bits per heavy atom. The molecule has 1 atom stereocenters. The van der Waals surface area contributed by atoms with Crippen molar-refractivity contribution >= 4 is 29.0 Å². The summed E-state index contributed by atoms with van der Waals surface area (Å²) >= 11 is 0. The third-order valence-electron chi connectivity index (χ3n) is 5.66. The fraction of sp³-hybridized carbons (Fsp3) is 0.0800. The van der Waals surface area contributed by atoms with E-state index in [4.69, 9.17) is 0 Å². The van der Waals surface area contributed by atoms with Crippen molar-refractivity contribution in [1.29, 1.82) is 0 Å². The zero-order valence-electron chi connectivity index (χ0n) is 17.8. The second-order valence-corrected chi connectivity index (χ2v) is 7.67. The largest absolute Gasteiger partial charge is 0.507 e. The number of rotatable bonds is 6. The molecule has 1 amide bonds. The minimum absolute atomic E-state index is 0.152. The molecule has 3 aromatic carbocycles. The van der Waals surface area contributed by atoms with E-state index >= 15 is 0 Å². The Hall–Kier alpha value is -4.79. The number of anilines is 1. The van der Waals surface area contributed by atoms with Gasteiger partial charge in [-0.1, -0.05) is 30.3 Å². The zero-order valence-corrected chi connectivity index (χ0v) is 17.8. The van der Waals surface area contributed by atoms with E-state index in [9.17, 15) is 34.7 Å². The summed E-state index contributed by atoms with van der Waals surface area (Å²) in [5, 5.41) is 30.4. The molecule has 9 heteroatoms. The quantitative estimate of drug-likeness (QED) is 0.319. The van der Waals surface area contributed by atoms with Crippen LogP contribution in [-0.4, -0.2) is 32.8 Å². The van der Waals surface area contributed by atoms with Crippen LogP contribution < -0.4 is 4.90 Å². The van der Waals surface area contributed by atoms with Crippen molar-refractivity contribution in [3.63, 3.8) is 0 Å². The summed E-state index contributed by atoms with van der Waals surface area (Å²) in [6.45, 7) is 1.51. The van der Waals surface area contributed by atoms with Gasteiger partial charge in [0.25, 0.3) is 11.6 Å². The molecule has 0 saturated carbocycles. The van der Waals surface area contributed by atoms with Crippen molar-refractivity contribution in [2.24, 2.45) is 0 Å². The van der Waals surface area contributed by atoms with Crippen LogP contribution in [0, 0.1) is 10.1 Å². The molecule has 1 aliphatic heterocycles. The van der Waals surface area contributed by atoms with E-state index in [2.05, 4.69) is 0 Å². The van der Waals surface area contributed by atoms with Crippen molar-refractivity contribution in [1.82, 2.24) is 0 Å². The molecule has 0 aliphatic carbocycles. The third kappa shape index (κ3) is 3.79. The van der Waals surface area contributed by atoms with Gasteiger partial charge in [-0.2, -0.15) is 0 Å². The molecule has 1 unspecified atom stereocenters. The summed E-state index contributed by atoms with van der Waals surface area (Å²) < 4.78 is 0. The number of hydrogen-bond donors (Lipinski definition) is 2. The van der Waals surface area contributed by atoms with E-state index < -0.39 is 39.9 Å². The summed E-state index contributed by atoms with van der Waals surface area (Å²) in [5.41, 5.74) is 0.716. The van der Waals surface area contributed by atoms with Crippen molar-refractivity contribution in [3.05, 3.63) is 111 Å². The number of hydrogen-bond acceptors (Lipinski definition) is 6. The minimum Gasteiger partial charge on any atom is -0.507 e. The Bertz CT molecular complexity index is 1360. The van der Waals surface area contributed by atoms with Gasteiger partial charge in [-0.15, -0.1) is 0 Å². The number of Topliss-reactive ketones (excluding diaryl/α,β-unsaturated/α-hetero) is 1. The minimum atomic E-state index is -1.39. The Labute approximate surface area is 193 Å². The van der Waals surface area contributed by atoms with Gasteiger partial charge in [0.05, 0.1) is 11.0 Å². The van der Waals surface area contributed by atoms with Crippen LogP contribution in [0.3, 0.4) is 0 Å². The lowest BCUT2D eigenvalue weighted by molar-refractivity contribution is -0.384. The lowest BCUT2D eigenvalue weighted by atomic mass is 9.91. The van der Waals surface area contributed by atoms with Gasteiger partial charge < -0.3 is 10.2 Å². The van der Waals surface area contributed by atoms with Crippen LogP contribution in [0.5, 0.6) is 5.75 Å². The number of carboxylic acids is 1. The number of aromatic hydroxyl groups is 1. The highest BCUT2D eigenvalue weighted by molar-refractivity contribution is 6.21. The molecule has 1 aliphatic rings. The molecule has 170 valence electrons. The standard InChI is InChI=1S/C25H18N2O7/c1-14-21(23(29)16-5-3-2-4-6-16)22(15-7-9-17(10-8-15)27(33)34)26(24(14)30)18-11-12-20(28)19(13-18)25(31)32/h2-13,22,28H,1H3,(H,31,32). The molecule has 0 bridgehead atoms.